The summed E-state index contributed by atoms with van der Waals surface area (Å²) in [4.78, 5) is 4.11. The van der Waals surface area contributed by atoms with Gasteiger partial charge in [0.1, 0.15) is 5.82 Å². The first-order valence-electron chi connectivity index (χ1n) is 6.77. The molecule has 0 aliphatic carbocycles. The topological polar surface area (TPSA) is 38.0 Å². The lowest BCUT2D eigenvalue weighted by molar-refractivity contribution is -0.139. The molecule has 0 aliphatic rings. The number of imidazole rings is 1. The summed E-state index contributed by atoms with van der Waals surface area (Å²) in [6.07, 6.45) is -1.41. The van der Waals surface area contributed by atoms with Crippen LogP contribution in [0.1, 0.15) is 36.4 Å². The summed E-state index contributed by atoms with van der Waals surface area (Å²) < 4.78 is 40.7. The van der Waals surface area contributed by atoms with Crippen LogP contribution in [-0.2, 0) is 19.1 Å². The number of benzene rings is 1. The Morgan fingerprint density at radius 1 is 1.29 bits per heavy atom. The molecule has 0 amide bonds. The third kappa shape index (κ3) is 3.64. The number of hydrogen-bond acceptors (Lipinski definition) is 2. The molecule has 0 radical (unpaired) electrons. The highest BCUT2D eigenvalue weighted by atomic mass is 19.4. The van der Waals surface area contributed by atoms with E-state index in [-0.39, 0.29) is 12.0 Å². The highest BCUT2D eigenvalue weighted by Gasteiger charge is 2.34. The van der Waals surface area contributed by atoms with Crippen molar-refractivity contribution >= 4 is 0 Å². The first kappa shape index (κ1) is 15.6. The number of aliphatic hydroxyl groups excluding tert-OH is 1. The van der Waals surface area contributed by atoms with Gasteiger partial charge in [0.2, 0.25) is 0 Å². The molecule has 1 N–H and O–H groups in total. The maximum Gasteiger partial charge on any atom is 0.416 e. The molecule has 0 saturated heterocycles. The van der Waals surface area contributed by atoms with Gasteiger partial charge in [-0.1, -0.05) is 25.1 Å². The summed E-state index contributed by atoms with van der Waals surface area (Å²) in [6.45, 7) is 2.72. The third-order valence-electron chi connectivity index (χ3n) is 3.27. The molecule has 0 bridgehead atoms. The second-order valence-electron chi connectivity index (χ2n) is 4.84. The summed E-state index contributed by atoms with van der Waals surface area (Å²) in [5.74, 6) is 0.585. The molecule has 6 heteroatoms. The maximum absolute atomic E-state index is 13.0. The quantitative estimate of drug-likeness (QED) is 0.916. The smallest absolute Gasteiger partial charge is 0.388 e. The summed E-state index contributed by atoms with van der Waals surface area (Å²) in [7, 11) is 0. The van der Waals surface area contributed by atoms with E-state index in [0.29, 0.717) is 5.82 Å². The van der Waals surface area contributed by atoms with Gasteiger partial charge in [-0.15, -0.1) is 0 Å². The van der Waals surface area contributed by atoms with Crippen LogP contribution in [0.25, 0.3) is 0 Å². The van der Waals surface area contributed by atoms with Crippen LogP contribution in [0, 0.1) is 0 Å². The maximum atomic E-state index is 13.0. The van der Waals surface area contributed by atoms with Gasteiger partial charge in [-0.3, -0.25) is 0 Å². The van der Waals surface area contributed by atoms with Gasteiger partial charge >= 0.3 is 6.18 Å². The van der Waals surface area contributed by atoms with Gasteiger partial charge in [0.05, 0.1) is 11.7 Å². The molecule has 114 valence electrons. The standard InChI is InChI=1S/C15H17F3N2O/c1-2-8-20-9-7-19-14(20)10-13(21)11-5-3-4-6-12(11)15(16,17)18/h3-7,9,13,21H,2,8,10H2,1H3. The zero-order chi connectivity index (χ0) is 15.5. The highest BCUT2D eigenvalue weighted by Crippen LogP contribution is 2.35. The Morgan fingerprint density at radius 2 is 2.00 bits per heavy atom. The Balaban J connectivity index is 2.25. The molecule has 1 unspecified atom stereocenters. The molecule has 1 aromatic carbocycles. The van der Waals surface area contributed by atoms with Gasteiger partial charge in [0.15, 0.2) is 0 Å². The lowest BCUT2D eigenvalue weighted by Gasteiger charge is -2.17. The molecular weight excluding hydrogens is 281 g/mol. The van der Waals surface area contributed by atoms with E-state index in [1.165, 1.54) is 18.2 Å². The van der Waals surface area contributed by atoms with Gasteiger partial charge in [-0.25, -0.2) is 4.98 Å². The van der Waals surface area contributed by atoms with Gasteiger partial charge in [0, 0.05) is 25.4 Å². The van der Waals surface area contributed by atoms with Gasteiger partial charge in [-0.2, -0.15) is 13.2 Å². The fourth-order valence-electron chi connectivity index (χ4n) is 2.30. The van der Waals surface area contributed by atoms with E-state index in [1.807, 2.05) is 11.5 Å². The minimum atomic E-state index is -4.48. The lowest BCUT2D eigenvalue weighted by Crippen LogP contribution is -2.15. The van der Waals surface area contributed by atoms with Crippen LogP contribution >= 0.6 is 0 Å². The molecule has 2 rings (SSSR count). The number of halogens is 3. The average Bonchev–Trinajstić information content (AvgIpc) is 2.85. The molecule has 0 aliphatic heterocycles. The molecule has 1 atom stereocenters. The number of aliphatic hydroxyl groups is 1. The van der Waals surface area contributed by atoms with Crippen LogP contribution in [0.2, 0.25) is 0 Å². The van der Waals surface area contributed by atoms with Crippen molar-refractivity contribution in [3.8, 4) is 0 Å². The van der Waals surface area contributed by atoms with Crippen LogP contribution in [0.3, 0.4) is 0 Å². The second kappa shape index (κ2) is 6.30. The zero-order valence-corrected chi connectivity index (χ0v) is 11.6. The molecule has 3 nitrogen and oxygen atoms in total. The number of aromatic nitrogens is 2. The number of alkyl halides is 3. The van der Waals surface area contributed by atoms with E-state index < -0.39 is 17.8 Å². The fraction of sp³-hybridized carbons (Fsp3) is 0.400. The SMILES string of the molecule is CCCn1ccnc1CC(O)c1ccccc1C(F)(F)F. The van der Waals surface area contributed by atoms with Crippen molar-refractivity contribution in [3.63, 3.8) is 0 Å². The summed E-state index contributed by atoms with van der Waals surface area (Å²) in [5.41, 5.74) is -0.915. The number of hydrogen-bond donors (Lipinski definition) is 1. The van der Waals surface area contributed by atoms with E-state index in [9.17, 15) is 18.3 Å². The first-order chi connectivity index (χ1) is 9.93. The molecule has 1 heterocycles. The summed E-state index contributed by atoms with van der Waals surface area (Å²) >= 11 is 0. The Bertz CT molecular complexity index is 593. The number of nitrogens with zero attached hydrogens (tertiary/aromatic N) is 2. The van der Waals surface area contributed by atoms with E-state index >= 15 is 0 Å². The Labute approximate surface area is 121 Å². The van der Waals surface area contributed by atoms with Gasteiger partial charge in [-0.05, 0) is 18.1 Å². The van der Waals surface area contributed by atoms with Crippen LogP contribution in [-0.4, -0.2) is 14.7 Å². The van der Waals surface area contributed by atoms with Gasteiger partial charge in [0.25, 0.3) is 0 Å². The van der Waals surface area contributed by atoms with Crippen LogP contribution < -0.4 is 0 Å². The minimum absolute atomic E-state index is 0.0556. The second-order valence-corrected chi connectivity index (χ2v) is 4.84. The summed E-state index contributed by atoms with van der Waals surface area (Å²) in [6, 6.07) is 5.10. The van der Waals surface area contributed by atoms with Crippen molar-refractivity contribution in [2.45, 2.75) is 38.6 Å². The Hall–Kier alpha value is -1.82. The van der Waals surface area contributed by atoms with Crippen LogP contribution in [0.4, 0.5) is 13.2 Å². The van der Waals surface area contributed by atoms with E-state index in [4.69, 9.17) is 0 Å². The van der Waals surface area contributed by atoms with Crippen molar-refractivity contribution < 1.29 is 18.3 Å². The average molecular weight is 298 g/mol. The molecule has 1 aromatic heterocycles. The predicted molar refractivity (Wildman–Crippen MR) is 72.6 cm³/mol. The van der Waals surface area contributed by atoms with E-state index in [1.54, 1.807) is 12.4 Å². The van der Waals surface area contributed by atoms with E-state index in [0.717, 1.165) is 19.0 Å². The monoisotopic (exact) mass is 298 g/mol. The van der Waals surface area contributed by atoms with Crippen LogP contribution in [0.5, 0.6) is 0 Å². The van der Waals surface area contributed by atoms with Crippen molar-refractivity contribution in [2.24, 2.45) is 0 Å². The van der Waals surface area contributed by atoms with Crippen molar-refractivity contribution in [3.05, 3.63) is 53.6 Å². The van der Waals surface area contributed by atoms with E-state index in [2.05, 4.69) is 4.98 Å². The number of aryl methyl sites for hydroxylation is 1. The van der Waals surface area contributed by atoms with Gasteiger partial charge < -0.3 is 9.67 Å². The largest absolute Gasteiger partial charge is 0.416 e. The number of rotatable bonds is 5. The molecule has 0 spiro atoms. The Kier molecular flexibility index (Phi) is 4.67. The molecule has 0 saturated carbocycles. The van der Waals surface area contributed by atoms with Crippen molar-refractivity contribution in [1.82, 2.24) is 9.55 Å². The lowest BCUT2D eigenvalue weighted by atomic mass is 9.99. The summed E-state index contributed by atoms with van der Waals surface area (Å²) in [5, 5.41) is 10.2. The van der Waals surface area contributed by atoms with Crippen LogP contribution in [0.15, 0.2) is 36.7 Å². The minimum Gasteiger partial charge on any atom is -0.388 e. The predicted octanol–water partition coefficient (Wildman–Crippen LogP) is 3.59. The zero-order valence-electron chi connectivity index (χ0n) is 11.6. The normalized spacial score (nSPS) is 13.4. The molecular formula is C15H17F3N2O. The van der Waals surface area contributed by atoms with Crippen molar-refractivity contribution in [1.29, 1.82) is 0 Å². The molecule has 0 fully saturated rings. The Morgan fingerprint density at radius 3 is 2.67 bits per heavy atom. The third-order valence-corrected chi connectivity index (χ3v) is 3.27. The van der Waals surface area contributed by atoms with Crippen molar-refractivity contribution in [2.75, 3.05) is 0 Å². The molecule has 21 heavy (non-hydrogen) atoms. The molecule has 2 aromatic rings. The fourth-order valence-corrected chi connectivity index (χ4v) is 2.30. The highest BCUT2D eigenvalue weighted by molar-refractivity contribution is 5.32. The first-order valence-corrected chi connectivity index (χ1v) is 6.77.